The minimum atomic E-state index is 0.250. The maximum Gasteiger partial charge on any atom is 0.138 e. The molecule has 0 aliphatic rings. The van der Waals surface area contributed by atoms with Crippen LogP contribution in [0.1, 0.15) is 35.7 Å². The third kappa shape index (κ3) is 2.31. The van der Waals surface area contributed by atoms with Crippen molar-refractivity contribution in [3.8, 4) is 0 Å². The fourth-order valence-electron chi connectivity index (χ4n) is 1.55. The molecule has 1 N–H and O–H groups in total. The maximum atomic E-state index is 5.11. The molecule has 1 atom stereocenters. The normalized spacial score (nSPS) is 12.9. The van der Waals surface area contributed by atoms with Crippen LogP contribution in [0.5, 0.6) is 0 Å². The number of rotatable bonds is 4. The molecule has 0 amide bonds. The molecule has 2 aromatic rings. The highest BCUT2D eigenvalue weighted by Gasteiger charge is 2.11. The van der Waals surface area contributed by atoms with Crippen LogP contribution in [-0.2, 0) is 6.54 Å². The van der Waals surface area contributed by atoms with Crippen LogP contribution in [-0.4, -0.2) is 10.1 Å². The first-order valence-corrected chi connectivity index (χ1v) is 6.16. The highest BCUT2D eigenvalue weighted by molar-refractivity contribution is 7.07. The number of nitrogens with one attached hydrogen (secondary N) is 1. The molecule has 2 aromatic heterocycles. The van der Waals surface area contributed by atoms with Gasteiger partial charge in [0.05, 0.1) is 16.9 Å². The fourth-order valence-corrected chi connectivity index (χ4v) is 2.20. The molecule has 0 spiro atoms. The van der Waals surface area contributed by atoms with E-state index in [1.165, 1.54) is 0 Å². The van der Waals surface area contributed by atoms with Crippen molar-refractivity contribution in [2.24, 2.45) is 0 Å². The van der Waals surface area contributed by atoms with Crippen LogP contribution in [0.2, 0.25) is 0 Å². The zero-order chi connectivity index (χ0) is 11.5. The molecule has 0 bridgehead atoms. The molecular formula is C11H15N3OS. The van der Waals surface area contributed by atoms with Gasteiger partial charge in [-0.15, -0.1) is 11.3 Å². The summed E-state index contributed by atoms with van der Waals surface area (Å²) in [4.78, 5) is 4.28. The molecule has 2 heterocycles. The lowest BCUT2D eigenvalue weighted by Crippen LogP contribution is -2.18. The van der Waals surface area contributed by atoms with E-state index in [2.05, 4.69) is 27.8 Å². The summed E-state index contributed by atoms with van der Waals surface area (Å²) in [6.07, 6.45) is 0. The SMILES string of the molecule is Cc1noc(C)c1CNC(C)c1cscn1. The van der Waals surface area contributed by atoms with Gasteiger partial charge in [0.1, 0.15) is 5.76 Å². The number of hydrogen-bond acceptors (Lipinski definition) is 5. The third-order valence-electron chi connectivity index (χ3n) is 2.66. The van der Waals surface area contributed by atoms with Crippen LogP contribution in [0.25, 0.3) is 0 Å². The van der Waals surface area contributed by atoms with Crippen LogP contribution in [0.15, 0.2) is 15.4 Å². The molecule has 0 fully saturated rings. The Balaban J connectivity index is 1.98. The molecule has 0 aliphatic heterocycles. The molecule has 0 saturated heterocycles. The predicted octanol–water partition coefficient (Wildman–Crippen LogP) is 2.60. The molecule has 0 aromatic carbocycles. The van der Waals surface area contributed by atoms with Crippen molar-refractivity contribution >= 4 is 11.3 Å². The first-order chi connectivity index (χ1) is 7.68. The highest BCUT2D eigenvalue weighted by atomic mass is 32.1. The van der Waals surface area contributed by atoms with E-state index in [1.54, 1.807) is 11.3 Å². The molecular weight excluding hydrogens is 222 g/mol. The predicted molar refractivity (Wildman–Crippen MR) is 63.3 cm³/mol. The summed E-state index contributed by atoms with van der Waals surface area (Å²) in [6.45, 7) is 6.76. The first kappa shape index (κ1) is 11.3. The van der Waals surface area contributed by atoms with Gasteiger partial charge in [-0.25, -0.2) is 4.98 Å². The average Bonchev–Trinajstić information content (AvgIpc) is 2.87. The summed E-state index contributed by atoms with van der Waals surface area (Å²) >= 11 is 1.62. The Morgan fingerprint density at radius 3 is 2.88 bits per heavy atom. The van der Waals surface area contributed by atoms with Crippen LogP contribution in [0.4, 0.5) is 0 Å². The Kier molecular flexibility index (Phi) is 3.36. The van der Waals surface area contributed by atoms with Gasteiger partial charge in [0.25, 0.3) is 0 Å². The Hall–Kier alpha value is -1.20. The van der Waals surface area contributed by atoms with E-state index in [4.69, 9.17) is 4.52 Å². The lowest BCUT2D eigenvalue weighted by Gasteiger charge is -2.10. The number of nitrogens with zero attached hydrogens (tertiary/aromatic N) is 2. The molecule has 1 unspecified atom stereocenters. The molecule has 16 heavy (non-hydrogen) atoms. The van der Waals surface area contributed by atoms with Gasteiger partial charge in [-0.3, -0.25) is 0 Å². The van der Waals surface area contributed by atoms with Crippen molar-refractivity contribution in [1.29, 1.82) is 0 Å². The summed E-state index contributed by atoms with van der Waals surface area (Å²) in [5.41, 5.74) is 5.03. The number of aromatic nitrogens is 2. The van der Waals surface area contributed by atoms with Gasteiger partial charge in [0.2, 0.25) is 0 Å². The topological polar surface area (TPSA) is 51.0 Å². The molecule has 4 nitrogen and oxygen atoms in total. The van der Waals surface area contributed by atoms with E-state index in [1.807, 2.05) is 19.4 Å². The monoisotopic (exact) mass is 237 g/mol. The standard InChI is InChI=1S/C11H15N3OS/c1-7-10(9(3)15-14-7)4-12-8(2)11-5-16-6-13-11/h5-6,8,12H,4H2,1-3H3. The molecule has 86 valence electrons. The van der Waals surface area contributed by atoms with Crippen molar-refractivity contribution < 1.29 is 4.52 Å². The largest absolute Gasteiger partial charge is 0.361 e. The Labute approximate surface area is 98.7 Å². The smallest absolute Gasteiger partial charge is 0.138 e. The second kappa shape index (κ2) is 4.76. The Bertz CT molecular complexity index is 430. The number of aryl methyl sites for hydroxylation is 2. The van der Waals surface area contributed by atoms with Gasteiger partial charge in [0.15, 0.2) is 0 Å². The molecule has 0 aliphatic carbocycles. The fraction of sp³-hybridized carbons (Fsp3) is 0.455. The lowest BCUT2D eigenvalue weighted by molar-refractivity contribution is 0.391. The van der Waals surface area contributed by atoms with Crippen molar-refractivity contribution in [3.05, 3.63) is 33.6 Å². The van der Waals surface area contributed by atoms with Gasteiger partial charge in [-0.1, -0.05) is 5.16 Å². The van der Waals surface area contributed by atoms with Crippen molar-refractivity contribution in [2.45, 2.75) is 33.4 Å². The van der Waals surface area contributed by atoms with Gasteiger partial charge in [0, 0.05) is 23.5 Å². The number of thiazole rings is 1. The zero-order valence-corrected chi connectivity index (χ0v) is 10.5. The molecule has 5 heteroatoms. The van der Waals surface area contributed by atoms with E-state index in [0.717, 1.165) is 29.3 Å². The van der Waals surface area contributed by atoms with Crippen molar-refractivity contribution in [1.82, 2.24) is 15.5 Å². The minimum Gasteiger partial charge on any atom is -0.361 e. The van der Waals surface area contributed by atoms with Gasteiger partial charge < -0.3 is 9.84 Å². The minimum absolute atomic E-state index is 0.250. The van der Waals surface area contributed by atoms with E-state index in [0.29, 0.717) is 0 Å². The maximum absolute atomic E-state index is 5.11. The van der Waals surface area contributed by atoms with Crippen LogP contribution < -0.4 is 5.32 Å². The van der Waals surface area contributed by atoms with Crippen LogP contribution in [0, 0.1) is 13.8 Å². The Morgan fingerprint density at radius 1 is 1.50 bits per heavy atom. The summed E-state index contributed by atoms with van der Waals surface area (Å²) in [6, 6.07) is 0.250. The van der Waals surface area contributed by atoms with E-state index < -0.39 is 0 Å². The quantitative estimate of drug-likeness (QED) is 0.888. The summed E-state index contributed by atoms with van der Waals surface area (Å²) in [5.74, 6) is 0.885. The number of hydrogen-bond donors (Lipinski definition) is 1. The second-order valence-electron chi connectivity index (χ2n) is 3.82. The highest BCUT2D eigenvalue weighted by Crippen LogP contribution is 2.16. The van der Waals surface area contributed by atoms with Crippen LogP contribution in [0.3, 0.4) is 0 Å². The summed E-state index contributed by atoms with van der Waals surface area (Å²) in [7, 11) is 0. The Morgan fingerprint density at radius 2 is 2.31 bits per heavy atom. The summed E-state index contributed by atoms with van der Waals surface area (Å²) < 4.78 is 5.11. The van der Waals surface area contributed by atoms with Crippen molar-refractivity contribution in [2.75, 3.05) is 0 Å². The molecule has 0 radical (unpaired) electrons. The zero-order valence-electron chi connectivity index (χ0n) is 9.65. The van der Waals surface area contributed by atoms with E-state index in [-0.39, 0.29) is 6.04 Å². The lowest BCUT2D eigenvalue weighted by atomic mass is 10.2. The molecule has 0 saturated carbocycles. The van der Waals surface area contributed by atoms with E-state index in [9.17, 15) is 0 Å². The third-order valence-corrected chi connectivity index (χ3v) is 3.27. The average molecular weight is 237 g/mol. The summed E-state index contributed by atoms with van der Waals surface area (Å²) in [5, 5.41) is 9.40. The van der Waals surface area contributed by atoms with Crippen molar-refractivity contribution in [3.63, 3.8) is 0 Å². The van der Waals surface area contributed by atoms with Gasteiger partial charge in [-0.05, 0) is 20.8 Å². The molecule has 2 rings (SSSR count). The van der Waals surface area contributed by atoms with Gasteiger partial charge in [-0.2, -0.15) is 0 Å². The first-order valence-electron chi connectivity index (χ1n) is 5.21. The van der Waals surface area contributed by atoms with Crippen LogP contribution >= 0.6 is 11.3 Å². The van der Waals surface area contributed by atoms with Gasteiger partial charge >= 0.3 is 0 Å². The second-order valence-corrected chi connectivity index (χ2v) is 4.54. The van der Waals surface area contributed by atoms with E-state index >= 15 is 0 Å².